The minimum absolute atomic E-state index is 0.00588. The summed E-state index contributed by atoms with van der Waals surface area (Å²) in [5.74, 6) is -0.507. The molecule has 2 saturated heterocycles. The largest absolute Gasteiger partial charge is 0.489 e. The smallest absolute Gasteiger partial charge is 0.228 e. The number of methoxy groups -OCH3 is 2. The summed E-state index contributed by atoms with van der Waals surface area (Å²) in [4.78, 5) is 25.3. The Kier molecular flexibility index (Phi) is 20.2. The van der Waals surface area contributed by atoms with Gasteiger partial charge in [0.25, 0.3) is 0 Å². The molecule has 0 aromatic rings. The number of ether oxygens (including phenoxy) is 4. The highest BCUT2D eigenvalue weighted by Crippen LogP contribution is 2.31. The van der Waals surface area contributed by atoms with Crippen molar-refractivity contribution in [3.63, 3.8) is 0 Å². The van der Waals surface area contributed by atoms with E-state index in [1.807, 2.05) is 0 Å². The molecule has 2 heterocycles. The Bertz CT molecular complexity index is 1070. The molecule has 288 valence electrons. The van der Waals surface area contributed by atoms with E-state index in [9.17, 15) is 24.9 Å². The van der Waals surface area contributed by atoms with Crippen LogP contribution in [0.1, 0.15) is 168 Å². The average molecular weight is 707 g/mol. The van der Waals surface area contributed by atoms with Crippen LogP contribution in [-0.2, 0) is 28.5 Å². The number of carbonyl (C=O) groups is 2. The van der Waals surface area contributed by atoms with Crippen LogP contribution in [0.15, 0.2) is 22.7 Å². The lowest BCUT2D eigenvalue weighted by Crippen LogP contribution is -2.44. The molecule has 0 amide bonds. The molecule has 0 unspecified atom stereocenters. The van der Waals surface area contributed by atoms with Gasteiger partial charge in [-0.2, -0.15) is 0 Å². The Morgan fingerprint density at radius 1 is 0.660 bits per heavy atom. The molecule has 0 aromatic heterocycles. The lowest BCUT2D eigenvalue weighted by atomic mass is 9.89. The summed E-state index contributed by atoms with van der Waals surface area (Å²) in [5, 5.41) is 32.2. The molecule has 3 N–H and O–H groups in total. The third-order valence-corrected chi connectivity index (χ3v) is 11.2. The van der Waals surface area contributed by atoms with Crippen molar-refractivity contribution in [3.05, 3.63) is 22.7 Å². The zero-order valence-electron chi connectivity index (χ0n) is 31.8. The summed E-state index contributed by atoms with van der Waals surface area (Å²) in [6, 6.07) is 0. The fourth-order valence-electron chi connectivity index (χ4n) is 7.92. The van der Waals surface area contributed by atoms with Crippen LogP contribution in [0, 0.1) is 0 Å². The first-order valence-corrected chi connectivity index (χ1v) is 20.2. The van der Waals surface area contributed by atoms with E-state index in [1.54, 1.807) is 6.92 Å². The number of ketones is 2. The van der Waals surface area contributed by atoms with E-state index < -0.39 is 18.3 Å². The van der Waals surface area contributed by atoms with Gasteiger partial charge < -0.3 is 34.3 Å². The van der Waals surface area contributed by atoms with Gasteiger partial charge in [0, 0.05) is 11.1 Å². The first-order valence-electron chi connectivity index (χ1n) is 20.2. The molecule has 3 rings (SSSR count). The molecule has 7 atom stereocenters. The normalized spacial score (nSPS) is 25.8. The Morgan fingerprint density at radius 3 is 1.76 bits per heavy atom. The lowest BCUT2D eigenvalue weighted by molar-refractivity contribution is -0.156. The number of aliphatic hydroxyl groups excluding tert-OH is 3. The number of Topliss-reactive ketones (excluding diaryl/α,β-unsaturated/α-hetero) is 2. The molecule has 3 aliphatic rings. The van der Waals surface area contributed by atoms with Crippen LogP contribution in [-0.4, -0.2) is 83.8 Å². The topological polar surface area (TPSA) is 132 Å². The second kappa shape index (κ2) is 23.7. The van der Waals surface area contributed by atoms with E-state index in [1.165, 1.54) is 59.2 Å². The second-order valence-corrected chi connectivity index (χ2v) is 15.0. The third-order valence-electron chi connectivity index (χ3n) is 11.2. The van der Waals surface area contributed by atoms with Crippen molar-refractivity contribution in [2.75, 3.05) is 14.2 Å². The molecule has 0 bridgehead atoms. The number of aliphatic hydroxyl groups is 3. The summed E-state index contributed by atoms with van der Waals surface area (Å²) in [7, 11) is 2.77. The predicted octanol–water partition coefficient (Wildman–Crippen LogP) is 7.96. The molecule has 0 spiro atoms. The Morgan fingerprint density at radius 2 is 1.16 bits per heavy atom. The van der Waals surface area contributed by atoms with Gasteiger partial charge in [0.15, 0.2) is 0 Å². The van der Waals surface area contributed by atoms with Crippen LogP contribution >= 0.6 is 0 Å². The van der Waals surface area contributed by atoms with Crippen LogP contribution in [0.5, 0.6) is 0 Å². The van der Waals surface area contributed by atoms with Crippen molar-refractivity contribution < 1.29 is 43.9 Å². The van der Waals surface area contributed by atoms with Gasteiger partial charge in [-0.15, -0.1) is 0 Å². The van der Waals surface area contributed by atoms with Crippen LogP contribution in [0.25, 0.3) is 0 Å². The molecular formula is C41H70O9. The van der Waals surface area contributed by atoms with E-state index in [4.69, 9.17) is 18.9 Å². The van der Waals surface area contributed by atoms with Crippen molar-refractivity contribution in [1.29, 1.82) is 0 Å². The van der Waals surface area contributed by atoms with Crippen LogP contribution in [0.2, 0.25) is 0 Å². The zero-order chi connectivity index (χ0) is 36.3. The Hall–Kier alpha value is -1.78. The molecule has 2 fully saturated rings. The summed E-state index contributed by atoms with van der Waals surface area (Å²) in [6.07, 6.45) is 21.9. The second-order valence-electron chi connectivity index (χ2n) is 15.0. The molecule has 0 saturated carbocycles. The Balaban J connectivity index is 1.21. The van der Waals surface area contributed by atoms with Crippen molar-refractivity contribution >= 4 is 11.6 Å². The Labute approximate surface area is 302 Å². The van der Waals surface area contributed by atoms with Gasteiger partial charge in [0.05, 0.1) is 56.9 Å². The molecule has 0 radical (unpaired) electrons. The quantitative estimate of drug-likeness (QED) is 0.0606. The highest BCUT2D eigenvalue weighted by atomic mass is 16.5. The monoisotopic (exact) mass is 707 g/mol. The predicted molar refractivity (Wildman–Crippen MR) is 196 cm³/mol. The van der Waals surface area contributed by atoms with Crippen molar-refractivity contribution in [1.82, 2.24) is 0 Å². The number of allylic oxidation sites excluding steroid dienone is 2. The summed E-state index contributed by atoms with van der Waals surface area (Å²) >= 11 is 0. The van der Waals surface area contributed by atoms with E-state index >= 15 is 0 Å². The first kappa shape index (κ1) is 42.6. The van der Waals surface area contributed by atoms with Crippen LogP contribution in [0.4, 0.5) is 0 Å². The van der Waals surface area contributed by atoms with Gasteiger partial charge in [-0.25, -0.2) is 0 Å². The molecule has 2 aliphatic heterocycles. The molecular weight excluding hydrogens is 636 g/mol. The number of hydrogen-bond donors (Lipinski definition) is 3. The zero-order valence-corrected chi connectivity index (χ0v) is 31.8. The van der Waals surface area contributed by atoms with Crippen LogP contribution < -0.4 is 0 Å². The fraction of sp³-hybridized carbons (Fsp3) is 0.854. The van der Waals surface area contributed by atoms with Gasteiger partial charge in [0.2, 0.25) is 23.1 Å². The van der Waals surface area contributed by atoms with Crippen molar-refractivity contribution in [3.8, 4) is 0 Å². The minimum atomic E-state index is -0.639. The maximum atomic E-state index is 12.8. The number of unbranched alkanes of at least 4 members (excludes halogenated alkanes) is 13. The SMILES string of the molecule is CCCCCCCCCC[C@@H]1O[C@H]([C@@H](O)CC[C@H](O)[C@@H]2CC[C@@H](CCCCCCCCCC3=C(C)C(=O)C(OC)=C(OC)C3=O)O2)CC[C@H]1O. The van der Waals surface area contributed by atoms with Crippen LogP contribution in [0.3, 0.4) is 0 Å². The number of carbonyl (C=O) groups excluding carboxylic acids is 2. The molecule has 1 aliphatic carbocycles. The minimum Gasteiger partial charge on any atom is -0.489 e. The highest BCUT2D eigenvalue weighted by Gasteiger charge is 2.36. The average Bonchev–Trinajstić information content (AvgIpc) is 3.60. The van der Waals surface area contributed by atoms with Crippen molar-refractivity contribution in [2.24, 2.45) is 0 Å². The fourth-order valence-corrected chi connectivity index (χ4v) is 7.92. The van der Waals surface area contributed by atoms with Gasteiger partial charge >= 0.3 is 0 Å². The number of rotatable bonds is 26. The summed E-state index contributed by atoms with van der Waals surface area (Å²) in [5.41, 5.74) is 1.00. The van der Waals surface area contributed by atoms with Gasteiger partial charge in [-0.05, 0) is 71.1 Å². The third kappa shape index (κ3) is 13.6. The number of hydrogen-bond acceptors (Lipinski definition) is 9. The maximum absolute atomic E-state index is 12.8. The molecule has 50 heavy (non-hydrogen) atoms. The lowest BCUT2D eigenvalue weighted by Gasteiger charge is -2.36. The molecule has 0 aromatic carbocycles. The summed E-state index contributed by atoms with van der Waals surface area (Å²) in [6.45, 7) is 3.93. The van der Waals surface area contributed by atoms with Gasteiger partial charge in [-0.3, -0.25) is 9.59 Å². The molecule has 9 heteroatoms. The highest BCUT2D eigenvalue weighted by molar-refractivity contribution is 6.23. The standard InChI is InChI=1S/C41H70O9/c1-5-6-7-8-9-13-16-19-22-35-34(44)26-28-37(50-35)33(43)25-24-32(42)36-27-23-30(49-36)20-17-14-11-10-12-15-18-21-31-29(2)38(45)40(47-3)41(48-4)39(31)46/h30,32-37,42-44H,5-28H2,1-4H3/t30-,32+,33+,34-,35+,36+,37+/m1/s1. The first-order chi connectivity index (χ1) is 24.2. The van der Waals surface area contributed by atoms with E-state index in [0.29, 0.717) is 43.3 Å². The molecule has 9 nitrogen and oxygen atoms in total. The van der Waals surface area contributed by atoms with Gasteiger partial charge in [-0.1, -0.05) is 96.8 Å². The van der Waals surface area contributed by atoms with Gasteiger partial charge in [0.1, 0.15) is 0 Å². The summed E-state index contributed by atoms with van der Waals surface area (Å²) < 4.78 is 22.7. The van der Waals surface area contributed by atoms with E-state index in [0.717, 1.165) is 77.0 Å². The maximum Gasteiger partial charge on any atom is 0.228 e. The van der Waals surface area contributed by atoms with Crippen molar-refractivity contribution in [2.45, 2.75) is 211 Å². The van der Waals surface area contributed by atoms with E-state index in [-0.39, 0.29) is 47.5 Å². The van der Waals surface area contributed by atoms with E-state index in [2.05, 4.69) is 6.92 Å².